The lowest BCUT2D eigenvalue weighted by atomic mass is 10.2. The van der Waals surface area contributed by atoms with Crippen molar-refractivity contribution in [2.24, 2.45) is 0 Å². The van der Waals surface area contributed by atoms with E-state index in [1.54, 1.807) is 0 Å². The summed E-state index contributed by atoms with van der Waals surface area (Å²) in [4.78, 5) is 24.7. The van der Waals surface area contributed by atoms with Crippen LogP contribution in [0.1, 0.15) is 36.2 Å². The first-order valence-corrected chi connectivity index (χ1v) is 7.83. The Morgan fingerprint density at radius 3 is 2.58 bits per heavy atom. The normalized spacial score (nSPS) is 14.6. The molecule has 2 aromatic rings. The molecule has 1 aromatic carbocycles. The molecule has 0 radical (unpaired) electrons. The molecule has 1 saturated carbocycles. The number of carbonyl (C=O) groups is 1. The number of aromatic nitrogens is 2. The van der Waals surface area contributed by atoms with Crippen LogP contribution in [0.5, 0.6) is 5.75 Å². The maximum absolute atomic E-state index is 13.1. The summed E-state index contributed by atoms with van der Waals surface area (Å²) in [5.74, 6) is -0.678. The summed E-state index contributed by atoms with van der Waals surface area (Å²) in [6.45, 7) is 0. The molecule has 1 aromatic heterocycles. The predicted octanol–water partition coefficient (Wildman–Crippen LogP) is 2.05. The Labute approximate surface area is 138 Å². The topological polar surface area (TPSA) is 73.2 Å². The van der Waals surface area contributed by atoms with Crippen molar-refractivity contribution in [1.29, 1.82) is 0 Å². The van der Waals surface area contributed by atoms with Crippen molar-refractivity contribution in [1.82, 2.24) is 15.1 Å². The van der Waals surface area contributed by atoms with Gasteiger partial charge in [0.15, 0.2) is 11.4 Å². The third-order valence-corrected chi connectivity index (χ3v) is 4.09. The minimum Gasteiger partial charge on any atom is -0.494 e. The van der Waals surface area contributed by atoms with E-state index in [9.17, 15) is 14.0 Å². The molecule has 6 nitrogen and oxygen atoms in total. The third kappa shape index (κ3) is 3.29. The number of halogens is 1. The van der Waals surface area contributed by atoms with Crippen LogP contribution in [-0.4, -0.2) is 28.8 Å². The monoisotopic (exact) mass is 331 g/mol. The first kappa shape index (κ1) is 16.2. The molecule has 1 heterocycles. The van der Waals surface area contributed by atoms with Crippen molar-refractivity contribution in [2.75, 3.05) is 7.11 Å². The van der Waals surface area contributed by atoms with Crippen molar-refractivity contribution in [3.8, 4) is 11.4 Å². The fraction of sp³-hybridized carbons (Fsp3) is 0.353. The van der Waals surface area contributed by atoms with E-state index >= 15 is 0 Å². The van der Waals surface area contributed by atoms with Crippen LogP contribution in [0.2, 0.25) is 0 Å². The molecule has 0 aliphatic heterocycles. The molecular formula is C17H18FN3O3. The van der Waals surface area contributed by atoms with Gasteiger partial charge in [0.2, 0.25) is 0 Å². The molecule has 24 heavy (non-hydrogen) atoms. The predicted molar refractivity (Wildman–Crippen MR) is 86.1 cm³/mol. The number of benzene rings is 1. The number of hydrogen-bond acceptors (Lipinski definition) is 4. The number of ether oxygens (including phenoxy) is 1. The molecule has 0 saturated heterocycles. The van der Waals surface area contributed by atoms with Crippen molar-refractivity contribution < 1.29 is 13.9 Å². The van der Waals surface area contributed by atoms with Gasteiger partial charge in [-0.3, -0.25) is 9.59 Å². The van der Waals surface area contributed by atoms with Gasteiger partial charge < -0.3 is 10.1 Å². The molecule has 1 fully saturated rings. The highest BCUT2D eigenvalue weighted by Gasteiger charge is 2.22. The zero-order valence-corrected chi connectivity index (χ0v) is 13.3. The van der Waals surface area contributed by atoms with Crippen molar-refractivity contribution in [2.45, 2.75) is 31.7 Å². The highest BCUT2D eigenvalue weighted by atomic mass is 19.1. The highest BCUT2D eigenvalue weighted by molar-refractivity contribution is 5.95. The van der Waals surface area contributed by atoms with E-state index in [-0.39, 0.29) is 23.4 Å². The average molecular weight is 331 g/mol. The summed E-state index contributed by atoms with van der Waals surface area (Å²) in [5.41, 5.74) is -0.0526. The third-order valence-electron chi connectivity index (χ3n) is 4.09. The van der Waals surface area contributed by atoms with Crippen molar-refractivity contribution in [3.63, 3.8) is 0 Å². The maximum atomic E-state index is 13.1. The fourth-order valence-electron chi connectivity index (χ4n) is 2.84. The maximum Gasteiger partial charge on any atom is 0.275 e. The summed E-state index contributed by atoms with van der Waals surface area (Å²) < 4.78 is 19.3. The van der Waals surface area contributed by atoms with Crippen molar-refractivity contribution >= 4 is 5.91 Å². The van der Waals surface area contributed by atoms with E-state index in [0.29, 0.717) is 5.69 Å². The molecule has 0 unspecified atom stereocenters. The molecule has 0 spiro atoms. The molecule has 126 valence electrons. The summed E-state index contributed by atoms with van der Waals surface area (Å²) in [7, 11) is 1.38. The fourth-order valence-corrected chi connectivity index (χ4v) is 2.84. The number of amides is 1. The highest BCUT2D eigenvalue weighted by Crippen LogP contribution is 2.20. The molecule has 7 heteroatoms. The number of rotatable bonds is 4. The second-order valence-corrected chi connectivity index (χ2v) is 5.74. The number of nitrogens with zero attached hydrogens (tertiary/aromatic N) is 2. The summed E-state index contributed by atoms with van der Waals surface area (Å²) in [6, 6.07) is 6.64. The smallest absolute Gasteiger partial charge is 0.275 e. The van der Waals surface area contributed by atoms with E-state index in [0.717, 1.165) is 30.4 Å². The Bertz CT molecular complexity index is 796. The second kappa shape index (κ2) is 6.82. The van der Waals surface area contributed by atoms with Gasteiger partial charge in [0.1, 0.15) is 5.82 Å². The number of methoxy groups -OCH3 is 1. The van der Waals surface area contributed by atoms with Crippen molar-refractivity contribution in [3.05, 3.63) is 52.2 Å². The molecule has 1 aliphatic rings. The molecule has 1 aliphatic carbocycles. The summed E-state index contributed by atoms with van der Waals surface area (Å²) in [5, 5.41) is 7.05. The Morgan fingerprint density at radius 1 is 1.29 bits per heavy atom. The lowest BCUT2D eigenvalue weighted by Crippen LogP contribution is -2.35. The first-order chi connectivity index (χ1) is 11.6. The zero-order valence-electron chi connectivity index (χ0n) is 13.3. The molecule has 3 rings (SSSR count). The summed E-state index contributed by atoms with van der Waals surface area (Å²) >= 11 is 0. The van der Waals surface area contributed by atoms with E-state index < -0.39 is 11.4 Å². The van der Waals surface area contributed by atoms with Crippen LogP contribution < -0.4 is 15.6 Å². The van der Waals surface area contributed by atoms with Gasteiger partial charge in [-0.25, -0.2) is 4.39 Å². The Morgan fingerprint density at radius 2 is 1.96 bits per heavy atom. The molecule has 0 atom stereocenters. The minimum atomic E-state index is -0.462. The zero-order chi connectivity index (χ0) is 17.1. The Balaban J connectivity index is 1.97. The average Bonchev–Trinajstić information content (AvgIpc) is 3.08. The number of hydrogen-bond donors (Lipinski definition) is 1. The van der Waals surface area contributed by atoms with Crippen LogP contribution in [0.15, 0.2) is 35.1 Å². The minimum absolute atomic E-state index is 0.0355. The molecule has 1 amide bonds. The van der Waals surface area contributed by atoms with E-state index in [4.69, 9.17) is 4.74 Å². The van der Waals surface area contributed by atoms with Gasteiger partial charge in [-0.15, -0.1) is 0 Å². The lowest BCUT2D eigenvalue weighted by Gasteiger charge is -2.14. The van der Waals surface area contributed by atoms with Crippen LogP contribution in [0.3, 0.4) is 0 Å². The van der Waals surface area contributed by atoms with E-state index in [1.807, 2.05) is 0 Å². The van der Waals surface area contributed by atoms with Crippen LogP contribution in [0.25, 0.3) is 5.69 Å². The lowest BCUT2D eigenvalue weighted by molar-refractivity contribution is 0.0927. The largest absolute Gasteiger partial charge is 0.494 e. The van der Waals surface area contributed by atoms with Crippen LogP contribution in [-0.2, 0) is 0 Å². The van der Waals surface area contributed by atoms with Gasteiger partial charge in [-0.1, -0.05) is 12.8 Å². The number of nitrogens with one attached hydrogen (secondary N) is 1. The van der Waals surface area contributed by atoms with E-state index in [2.05, 4.69) is 10.4 Å². The first-order valence-electron chi connectivity index (χ1n) is 7.83. The van der Waals surface area contributed by atoms with Crippen LogP contribution in [0, 0.1) is 5.82 Å². The second-order valence-electron chi connectivity index (χ2n) is 5.74. The quantitative estimate of drug-likeness (QED) is 0.931. The number of carbonyl (C=O) groups excluding carboxylic acids is 1. The Hall–Kier alpha value is -2.70. The van der Waals surface area contributed by atoms with Gasteiger partial charge in [-0.05, 0) is 37.1 Å². The standard InChI is InChI=1S/C17H18FN3O3/c1-24-14-10-15(22)21(13-8-6-11(18)7-9-13)20-16(14)17(23)19-12-4-2-3-5-12/h6-10,12H,2-5H2,1H3,(H,19,23). The summed E-state index contributed by atoms with van der Waals surface area (Å²) in [6.07, 6.45) is 4.05. The van der Waals surface area contributed by atoms with Gasteiger partial charge in [0, 0.05) is 6.04 Å². The Kier molecular flexibility index (Phi) is 4.59. The van der Waals surface area contributed by atoms with Crippen LogP contribution >= 0.6 is 0 Å². The molecular weight excluding hydrogens is 313 g/mol. The van der Waals surface area contributed by atoms with E-state index in [1.165, 1.54) is 37.4 Å². The SMILES string of the molecule is COc1cc(=O)n(-c2ccc(F)cc2)nc1C(=O)NC1CCCC1. The van der Waals surface area contributed by atoms with Gasteiger partial charge >= 0.3 is 0 Å². The van der Waals surface area contributed by atoms with Gasteiger partial charge in [0.25, 0.3) is 11.5 Å². The van der Waals surface area contributed by atoms with Gasteiger partial charge in [0.05, 0.1) is 18.9 Å². The molecule has 1 N–H and O–H groups in total. The van der Waals surface area contributed by atoms with Crippen LogP contribution in [0.4, 0.5) is 4.39 Å². The molecule has 0 bridgehead atoms. The van der Waals surface area contributed by atoms with Gasteiger partial charge in [-0.2, -0.15) is 9.78 Å².